The second-order valence-corrected chi connectivity index (χ2v) is 9.81. The number of halogens is 1. The van der Waals surface area contributed by atoms with Crippen LogP contribution in [0.1, 0.15) is 45.1 Å². The maximum atomic E-state index is 11.1. The van der Waals surface area contributed by atoms with Gasteiger partial charge in [-0.05, 0) is 60.2 Å². The number of hydrogen-bond acceptors (Lipinski definition) is 5. The van der Waals surface area contributed by atoms with E-state index in [1.165, 1.54) is 6.92 Å². The Bertz CT molecular complexity index is 1110. The van der Waals surface area contributed by atoms with E-state index >= 15 is 0 Å². The van der Waals surface area contributed by atoms with E-state index in [1.54, 1.807) is 0 Å². The molecule has 1 aliphatic carbocycles. The zero-order chi connectivity index (χ0) is 24.1. The first-order valence-electron chi connectivity index (χ1n) is 11.8. The van der Waals surface area contributed by atoms with Gasteiger partial charge in [0, 0.05) is 30.6 Å². The van der Waals surface area contributed by atoms with Crippen LogP contribution in [0.25, 0.3) is 11.0 Å². The highest BCUT2D eigenvalue weighted by Crippen LogP contribution is 2.33. The van der Waals surface area contributed by atoms with Gasteiger partial charge >= 0.3 is 0 Å². The molecule has 0 saturated heterocycles. The summed E-state index contributed by atoms with van der Waals surface area (Å²) >= 11 is 3.64. The third-order valence-corrected chi connectivity index (χ3v) is 6.65. The molecule has 1 saturated carbocycles. The Morgan fingerprint density at radius 2 is 1.88 bits per heavy atom. The van der Waals surface area contributed by atoms with E-state index in [0.717, 1.165) is 52.5 Å². The molecule has 1 heterocycles. The Morgan fingerprint density at radius 1 is 1.18 bits per heavy atom. The molecule has 0 radical (unpaired) electrons. The summed E-state index contributed by atoms with van der Waals surface area (Å²) < 4.78 is 21.2. The first kappa shape index (κ1) is 24.5. The average molecular weight is 530 g/mol. The summed E-state index contributed by atoms with van der Waals surface area (Å²) in [7, 11) is 1.97. The first-order chi connectivity index (χ1) is 16.4. The predicted molar refractivity (Wildman–Crippen MR) is 135 cm³/mol. The number of aryl methyl sites for hydroxylation is 1. The molecule has 8 heteroatoms. The van der Waals surface area contributed by atoms with Crippen LogP contribution in [-0.2, 0) is 23.2 Å². The molecule has 34 heavy (non-hydrogen) atoms. The van der Waals surface area contributed by atoms with E-state index in [1.807, 2.05) is 61.0 Å². The molecule has 0 aliphatic heterocycles. The highest BCUT2D eigenvalue weighted by atomic mass is 79.9. The molecule has 182 valence electrons. The van der Waals surface area contributed by atoms with Gasteiger partial charge < -0.3 is 19.5 Å². The summed E-state index contributed by atoms with van der Waals surface area (Å²) in [6, 6.07) is 14.7. The van der Waals surface area contributed by atoms with Crippen molar-refractivity contribution in [1.82, 2.24) is 14.9 Å². The smallest absolute Gasteiger partial charge is 0.297 e. The summed E-state index contributed by atoms with van der Waals surface area (Å²) in [5.74, 6) is 0.751. The number of fused-ring (bicyclic) bond motifs is 1. The van der Waals surface area contributed by atoms with E-state index in [2.05, 4.69) is 21.2 Å². The third kappa shape index (κ3) is 6.30. The second-order valence-electron chi connectivity index (χ2n) is 8.95. The maximum absolute atomic E-state index is 11.1. The fourth-order valence-electron chi connectivity index (χ4n) is 4.26. The minimum Gasteiger partial charge on any atom is -0.489 e. The molecule has 1 N–H and O–H groups in total. The van der Waals surface area contributed by atoms with Crippen LogP contribution in [-0.4, -0.2) is 40.3 Å². The van der Waals surface area contributed by atoms with E-state index in [0.29, 0.717) is 19.2 Å². The molecule has 4 rings (SSSR count). The molecule has 1 aromatic heterocycles. The quantitative estimate of drug-likeness (QED) is 0.415. The van der Waals surface area contributed by atoms with Crippen LogP contribution in [0.3, 0.4) is 0 Å². The van der Waals surface area contributed by atoms with Crippen molar-refractivity contribution in [2.24, 2.45) is 7.05 Å². The molecule has 2 aromatic carbocycles. The molecule has 1 fully saturated rings. The number of imidazole rings is 1. The average Bonchev–Trinajstić information content (AvgIpc) is 3.13. The number of benzene rings is 2. The first-order valence-corrected chi connectivity index (χ1v) is 12.6. The van der Waals surface area contributed by atoms with E-state index in [9.17, 15) is 4.79 Å². The standard InChI is InChI=1S/C26H32BrN3O4/c1-17(28-18(2)31)15-32-20-9-11-21(12-10-20)34-26-29-25-23(27)13-22(14-24(25)30(26)3)33-16-19-7-5-4-6-8-19/h4-8,13-14,17,20-21H,9-12,15-16H2,1-3H3,(H,28,31)/t17-,20-,21-/m0/s1. The number of carbonyl (C=O) groups is 1. The molecular formula is C26H32BrN3O4. The number of amides is 1. The van der Waals surface area contributed by atoms with E-state index < -0.39 is 0 Å². The fraction of sp³-hybridized carbons (Fsp3) is 0.462. The zero-order valence-corrected chi connectivity index (χ0v) is 21.5. The van der Waals surface area contributed by atoms with Crippen molar-refractivity contribution in [2.45, 2.75) is 64.4 Å². The lowest BCUT2D eigenvalue weighted by Crippen LogP contribution is -2.37. The Kier molecular flexibility index (Phi) is 8.11. The van der Waals surface area contributed by atoms with Crippen LogP contribution < -0.4 is 14.8 Å². The van der Waals surface area contributed by atoms with Gasteiger partial charge in [0.1, 0.15) is 24.0 Å². The molecule has 7 nitrogen and oxygen atoms in total. The molecule has 1 atom stereocenters. The van der Waals surface area contributed by atoms with Gasteiger partial charge in [-0.15, -0.1) is 0 Å². The Hall–Kier alpha value is -2.58. The summed E-state index contributed by atoms with van der Waals surface area (Å²) in [4.78, 5) is 15.9. The zero-order valence-electron chi connectivity index (χ0n) is 19.9. The Labute approximate surface area is 208 Å². The fourth-order valence-corrected chi connectivity index (χ4v) is 4.78. The number of rotatable bonds is 9. The molecule has 0 unspecified atom stereocenters. The van der Waals surface area contributed by atoms with Gasteiger partial charge in [-0.25, -0.2) is 0 Å². The van der Waals surface area contributed by atoms with Gasteiger partial charge in [-0.3, -0.25) is 9.36 Å². The minimum absolute atomic E-state index is 0.0199. The van der Waals surface area contributed by atoms with Crippen molar-refractivity contribution >= 4 is 32.9 Å². The number of ether oxygens (including phenoxy) is 3. The number of nitrogens with zero attached hydrogens (tertiary/aromatic N) is 2. The van der Waals surface area contributed by atoms with Crippen LogP contribution in [0, 0.1) is 0 Å². The molecule has 1 amide bonds. The second kappa shape index (κ2) is 11.2. The SMILES string of the molecule is CC(=O)N[C@@H](C)CO[C@H]1CC[C@H](Oc2nc3c(Br)cc(OCc4ccccc4)cc3n2C)CC1. The van der Waals surface area contributed by atoms with Crippen molar-refractivity contribution in [3.8, 4) is 11.8 Å². The number of nitrogens with one attached hydrogen (secondary N) is 1. The van der Waals surface area contributed by atoms with Gasteiger partial charge in [-0.1, -0.05) is 30.3 Å². The van der Waals surface area contributed by atoms with Crippen molar-refractivity contribution < 1.29 is 19.0 Å². The Morgan fingerprint density at radius 3 is 2.59 bits per heavy atom. The number of carbonyl (C=O) groups excluding carboxylic acids is 1. The van der Waals surface area contributed by atoms with Crippen LogP contribution >= 0.6 is 15.9 Å². The summed E-state index contributed by atoms with van der Waals surface area (Å²) in [6.45, 7) is 4.52. The van der Waals surface area contributed by atoms with E-state index in [-0.39, 0.29) is 24.2 Å². The lowest BCUT2D eigenvalue weighted by Gasteiger charge is -2.29. The molecule has 1 aliphatic rings. The normalized spacial score (nSPS) is 19.1. The lowest BCUT2D eigenvalue weighted by atomic mass is 9.95. The van der Waals surface area contributed by atoms with Crippen LogP contribution in [0.15, 0.2) is 46.9 Å². The van der Waals surface area contributed by atoms with Gasteiger partial charge in [0.25, 0.3) is 6.01 Å². The summed E-state index contributed by atoms with van der Waals surface area (Å²) in [5, 5.41) is 2.85. The lowest BCUT2D eigenvalue weighted by molar-refractivity contribution is -0.120. The molecule has 0 spiro atoms. The van der Waals surface area contributed by atoms with Crippen molar-refractivity contribution in [1.29, 1.82) is 0 Å². The van der Waals surface area contributed by atoms with Gasteiger partial charge in [0.05, 0.1) is 18.2 Å². The van der Waals surface area contributed by atoms with Gasteiger partial charge in [0.2, 0.25) is 5.91 Å². The number of aromatic nitrogens is 2. The van der Waals surface area contributed by atoms with Gasteiger partial charge in [0.15, 0.2) is 0 Å². The minimum atomic E-state index is -0.0304. The predicted octanol–water partition coefficient (Wildman–Crippen LogP) is 5.15. The van der Waals surface area contributed by atoms with Crippen molar-refractivity contribution in [3.63, 3.8) is 0 Å². The monoisotopic (exact) mass is 529 g/mol. The van der Waals surface area contributed by atoms with Crippen LogP contribution in [0.2, 0.25) is 0 Å². The molecular weight excluding hydrogens is 498 g/mol. The van der Waals surface area contributed by atoms with Crippen LogP contribution in [0.5, 0.6) is 11.8 Å². The maximum Gasteiger partial charge on any atom is 0.297 e. The topological polar surface area (TPSA) is 74.6 Å². The van der Waals surface area contributed by atoms with Gasteiger partial charge in [-0.2, -0.15) is 4.98 Å². The molecule has 0 bridgehead atoms. The highest BCUT2D eigenvalue weighted by molar-refractivity contribution is 9.10. The highest BCUT2D eigenvalue weighted by Gasteiger charge is 2.25. The number of hydrogen-bond donors (Lipinski definition) is 1. The largest absolute Gasteiger partial charge is 0.489 e. The van der Waals surface area contributed by atoms with E-state index in [4.69, 9.17) is 19.2 Å². The summed E-state index contributed by atoms with van der Waals surface area (Å²) in [6.07, 6.45) is 4.00. The van der Waals surface area contributed by atoms with Crippen LogP contribution in [0.4, 0.5) is 0 Å². The Balaban J connectivity index is 1.34. The van der Waals surface area contributed by atoms with Crippen molar-refractivity contribution in [3.05, 3.63) is 52.5 Å². The third-order valence-electron chi connectivity index (χ3n) is 6.05. The molecule has 3 aromatic rings. The van der Waals surface area contributed by atoms with Crippen molar-refractivity contribution in [2.75, 3.05) is 6.61 Å². The summed E-state index contributed by atoms with van der Waals surface area (Å²) in [5.41, 5.74) is 2.93.